The molecule has 4 N–H and O–H groups in total. The summed E-state index contributed by atoms with van der Waals surface area (Å²) in [5.41, 5.74) is 5.94. The van der Waals surface area contributed by atoms with Crippen LogP contribution in [0.5, 0.6) is 0 Å². The van der Waals surface area contributed by atoms with Gasteiger partial charge in [0.05, 0.1) is 12.2 Å². The van der Waals surface area contributed by atoms with Gasteiger partial charge in [0, 0.05) is 5.69 Å². The summed E-state index contributed by atoms with van der Waals surface area (Å²) >= 11 is 0. The average molecular weight is 279 g/mol. The molecule has 0 heterocycles. The normalized spacial score (nSPS) is 10.9. The molecule has 0 saturated carbocycles. The van der Waals surface area contributed by atoms with Crippen LogP contribution in [0.1, 0.15) is 30.1 Å². The molecule has 20 heavy (non-hydrogen) atoms. The van der Waals surface area contributed by atoms with Gasteiger partial charge in [-0.1, -0.05) is 18.5 Å². The maximum absolute atomic E-state index is 11.6. The van der Waals surface area contributed by atoms with Crippen molar-refractivity contribution in [2.75, 3.05) is 11.9 Å². The SMILES string of the molecule is CCCCOC(=O)c1ccc(NC(=O)/C(N)=N\O)cc1. The molecule has 1 amide bonds. The van der Waals surface area contributed by atoms with Gasteiger partial charge in [-0.05, 0) is 30.7 Å². The van der Waals surface area contributed by atoms with E-state index in [9.17, 15) is 9.59 Å². The number of benzene rings is 1. The number of rotatable bonds is 5. The third-order valence-corrected chi connectivity index (χ3v) is 2.45. The molecule has 0 aromatic heterocycles. The molecule has 0 aliphatic carbocycles. The van der Waals surface area contributed by atoms with E-state index < -0.39 is 17.7 Å². The van der Waals surface area contributed by atoms with Crippen LogP contribution in [-0.2, 0) is 9.53 Å². The van der Waals surface area contributed by atoms with Crippen LogP contribution in [0.2, 0.25) is 0 Å². The first-order valence-corrected chi connectivity index (χ1v) is 6.14. The molecule has 0 unspecified atom stereocenters. The number of carbonyl (C=O) groups excluding carboxylic acids is 2. The van der Waals surface area contributed by atoms with E-state index in [2.05, 4.69) is 10.5 Å². The molecule has 0 bridgehead atoms. The van der Waals surface area contributed by atoms with E-state index in [-0.39, 0.29) is 0 Å². The molecule has 7 nitrogen and oxygen atoms in total. The van der Waals surface area contributed by atoms with Crippen molar-refractivity contribution in [3.8, 4) is 0 Å². The second-order valence-corrected chi connectivity index (χ2v) is 4.01. The van der Waals surface area contributed by atoms with Crippen LogP contribution in [0.3, 0.4) is 0 Å². The number of anilines is 1. The Kier molecular flexibility index (Phi) is 6.02. The molecule has 0 saturated heterocycles. The molecule has 108 valence electrons. The number of nitrogens with two attached hydrogens (primary N) is 1. The fraction of sp³-hybridized carbons (Fsp3) is 0.308. The minimum absolute atomic E-state index is 0.386. The van der Waals surface area contributed by atoms with Crippen molar-refractivity contribution in [3.05, 3.63) is 29.8 Å². The van der Waals surface area contributed by atoms with Gasteiger partial charge < -0.3 is 21.0 Å². The highest BCUT2D eigenvalue weighted by atomic mass is 16.5. The van der Waals surface area contributed by atoms with Crippen LogP contribution in [0.25, 0.3) is 0 Å². The van der Waals surface area contributed by atoms with E-state index in [1.165, 1.54) is 24.3 Å². The van der Waals surface area contributed by atoms with Crippen molar-refractivity contribution in [3.63, 3.8) is 0 Å². The number of carbonyl (C=O) groups is 2. The highest BCUT2D eigenvalue weighted by Crippen LogP contribution is 2.10. The molecule has 0 fully saturated rings. The van der Waals surface area contributed by atoms with Gasteiger partial charge in [0.2, 0.25) is 5.84 Å². The number of nitrogens with one attached hydrogen (secondary N) is 1. The Balaban J connectivity index is 2.60. The van der Waals surface area contributed by atoms with Crippen LogP contribution in [-0.4, -0.2) is 29.5 Å². The van der Waals surface area contributed by atoms with Gasteiger partial charge >= 0.3 is 5.97 Å². The number of amides is 1. The van der Waals surface area contributed by atoms with Crippen molar-refractivity contribution < 1.29 is 19.5 Å². The number of amidine groups is 1. The summed E-state index contributed by atoms with van der Waals surface area (Å²) in [5.74, 6) is -1.69. The van der Waals surface area contributed by atoms with Crippen LogP contribution >= 0.6 is 0 Å². The molecule has 1 aromatic carbocycles. The molecule has 1 aromatic rings. The van der Waals surface area contributed by atoms with Crippen LogP contribution in [0.15, 0.2) is 29.4 Å². The number of nitrogens with zero attached hydrogens (tertiary/aromatic N) is 1. The lowest BCUT2D eigenvalue weighted by atomic mass is 10.2. The molecule has 0 atom stereocenters. The summed E-state index contributed by atoms with van der Waals surface area (Å²) in [5, 5.41) is 13.3. The molecule has 0 spiro atoms. The number of esters is 1. The van der Waals surface area contributed by atoms with Gasteiger partial charge in [-0.2, -0.15) is 0 Å². The molecule has 1 rings (SSSR count). The van der Waals surface area contributed by atoms with E-state index in [0.29, 0.717) is 17.9 Å². The zero-order valence-electron chi connectivity index (χ0n) is 11.1. The lowest BCUT2D eigenvalue weighted by molar-refractivity contribution is -0.110. The van der Waals surface area contributed by atoms with Gasteiger partial charge in [-0.25, -0.2) is 4.79 Å². The van der Waals surface area contributed by atoms with Crippen molar-refractivity contribution in [1.29, 1.82) is 0 Å². The Hall–Kier alpha value is -2.57. The fourth-order valence-electron chi connectivity index (χ4n) is 1.32. The highest BCUT2D eigenvalue weighted by Gasteiger charge is 2.10. The predicted octanol–water partition coefficient (Wildman–Crippen LogP) is 1.33. The van der Waals surface area contributed by atoms with Gasteiger partial charge in [0.1, 0.15) is 0 Å². The third kappa shape index (κ3) is 4.60. The van der Waals surface area contributed by atoms with Crippen molar-refractivity contribution in [2.24, 2.45) is 10.9 Å². The van der Waals surface area contributed by atoms with E-state index in [4.69, 9.17) is 15.7 Å². The Morgan fingerprint density at radius 1 is 1.35 bits per heavy atom. The Morgan fingerprint density at radius 3 is 2.55 bits per heavy atom. The number of oxime groups is 1. The lowest BCUT2D eigenvalue weighted by Gasteiger charge is -2.06. The summed E-state index contributed by atoms with van der Waals surface area (Å²) in [6.45, 7) is 2.39. The van der Waals surface area contributed by atoms with Crippen molar-refractivity contribution in [1.82, 2.24) is 0 Å². The second kappa shape index (κ2) is 7.78. The molecule has 0 radical (unpaired) electrons. The number of hydrogen-bond donors (Lipinski definition) is 3. The van der Waals surface area contributed by atoms with E-state index in [0.717, 1.165) is 12.8 Å². The Labute approximate surface area is 116 Å². The standard InChI is InChI=1S/C13H17N3O4/c1-2-3-8-20-13(18)9-4-6-10(7-5-9)15-12(17)11(14)16-19/h4-7,19H,2-3,8H2,1H3,(H2,14,16)(H,15,17). The van der Waals surface area contributed by atoms with Crippen LogP contribution in [0.4, 0.5) is 5.69 Å². The first kappa shape index (κ1) is 15.5. The lowest BCUT2D eigenvalue weighted by Crippen LogP contribution is -2.30. The smallest absolute Gasteiger partial charge is 0.338 e. The first-order valence-electron chi connectivity index (χ1n) is 6.14. The van der Waals surface area contributed by atoms with Gasteiger partial charge in [0.15, 0.2) is 0 Å². The first-order chi connectivity index (χ1) is 9.58. The van der Waals surface area contributed by atoms with E-state index >= 15 is 0 Å². The van der Waals surface area contributed by atoms with Crippen molar-refractivity contribution in [2.45, 2.75) is 19.8 Å². The molecule has 0 aliphatic heterocycles. The maximum Gasteiger partial charge on any atom is 0.338 e. The minimum atomic E-state index is -0.731. The topological polar surface area (TPSA) is 114 Å². The largest absolute Gasteiger partial charge is 0.462 e. The number of unbranched alkanes of at least 4 members (excludes halogenated alkanes) is 1. The monoisotopic (exact) mass is 279 g/mol. The third-order valence-electron chi connectivity index (χ3n) is 2.45. The van der Waals surface area contributed by atoms with Gasteiger partial charge in [0.25, 0.3) is 5.91 Å². The minimum Gasteiger partial charge on any atom is -0.462 e. The van der Waals surface area contributed by atoms with Gasteiger partial charge in [-0.3, -0.25) is 4.79 Å². The number of hydrogen-bond acceptors (Lipinski definition) is 5. The molecular formula is C13H17N3O4. The van der Waals surface area contributed by atoms with Gasteiger partial charge in [-0.15, -0.1) is 0 Å². The summed E-state index contributed by atoms with van der Waals surface area (Å²) in [6.07, 6.45) is 1.77. The summed E-state index contributed by atoms with van der Waals surface area (Å²) in [4.78, 5) is 22.9. The summed E-state index contributed by atoms with van der Waals surface area (Å²) in [7, 11) is 0. The Morgan fingerprint density at radius 2 is 2.00 bits per heavy atom. The highest BCUT2D eigenvalue weighted by molar-refractivity contribution is 6.41. The average Bonchev–Trinajstić information content (AvgIpc) is 2.47. The van der Waals surface area contributed by atoms with Crippen molar-refractivity contribution >= 4 is 23.4 Å². The zero-order valence-corrected chi connectivity index (χ0v) is 11.1. The predicted molar refractivity (Wildman–Crippen MR) is 73.7 cm³/mol. The zero-order chi connectivity index (χ0) is 15.0. The molecular weight excluding hydrogens is 262 g/mol. The summed E-state index contributed by atoms with van der Waals surface area (Å²) in [6, 6.07) is 6.10. The molecule has 0 aliphatic rings. The van der Waals surface area contributed by atoms with Crippen LogP contribution < -0.4 is 11.1 Å². The summed E-state index contributed by atoms with van der Waals surface area (Å²) < 4.78 is 5.05. The van der Waals surface area contributed by atoms with E-state index in [1.54, 1.807) is 0 Å². The van der Waals surface area contributed by atoms with Crippen LogP contribution in [0, 0.1) is 0 Å². The second-order valence-electron chi connectivity index (χ2n) is 4.01. The maximum atomic E-state index is 11.6. The quantitative estimate of drug-likeness (QED) is 0.188. The van der Waals surface area contributed by atoms with E-state index in [1.807, 2.05) is 6.92 Å². The fourth-order valence-corrected chi connectivity index (χ4v) is 1.32. The Bertz CT molecular complexity index is 497. The number of ether oxygens (including phenoxy) is 1. The molecule has 7 heteroatoms.